The van der Waals surface area contributed by atoms with Crippen LogP contribution in [0.4, 0.5) is 5.69 Å². The predicted octanol–water partition coefficient (Wildman–Crippen LogP) is 2.19. The fourth-order valence-corrected chi connectivity index (χ4v) is 5.84. The highest BCUT2D eigenvalue weighted by Crippen LogP contribution is 2.25. The van der Waals surface area contributed by atoms with Gasteiger partial charge >= 0.3 is 0 Å². The lowest BCUT2D eigenvalue weighted by Gasteiger charge is -2.28. The van der Waals surface area contributed by atoms with Gasteiger partial charge in [0.2, 0.25) is 5.91 Å². The summed E-state index contributed by atoms with van der Waals surface area (Å²) in [7, 11) is -3.18. The number of amides is 1. The first-order valence-electron chi connectivity index (χ1n) is 9.12. The maximum absolute atomic E-state index is 13.2. The molecule has 7 nitrogen and oxygen atoms in total. The van der Waals surface area contributed by atoms with E-state index in [1.54, 1.807) is 30.3 Å². The van der Waals surface area contributed by atoms with E-state index in [0.29, 0.717) is 17.8 Å². The van der Waals surface area contributed by atoms with Gasteiger partial charge in [0.15, 0.2) is 9.84 Å². The van der Waals surface area contributed by atoms with E-state index in [1.165, 1.54) is 22.3 Å². The van der Waals surface area contributed by atoms with Crippen LogP contribution in [0.2, 0.25) is 0 Å². The lowest BCUT2D eigenvalue weighted by molar-refractivity contribution is -0.119. The van der Waals surface area contributed by atoms with Crippen LogP contribution in [0.15, 0.2) is 64.8 Å². The van der Waals surface area contributed by atoms with Crippen LogP contribution >= 0.6 is 11.3 Å². The average Bonchev–Trinajstić information content (AvgIpc) is 3.35. The second kappa shape index (κ2) is 7.92. The molecule has 2 aromatic heterocycles. The van der Waals surface area contributed by atoms with Crippen molar-refractivity contribution in [2.75, 3.05) is 16.4 Å². The second-order valence-corrected chi connectivity index (χ2v) is 10.0. The molecule has 9 heteroatoms. The van der Waals surface area contributed by atoms with E-state index in [2.05, 4.69) is 5.10 Å². The molecule has 1 atom stereocenters. The Bertz CT molecular complexity index is 1170. The van der Waals surface area contributed by atoms with Crippen molar-refractivity contribution in [3.8, 4) is 10.6 Å². The molecule has 1 aliphatic rings. The van der Waals surface area contributed by atoms with Gasteiger partial charge in [-0.25, -0.2) is 13.1 Å². The molecule has 0 radical (unpaired) electrons. The van der Waals surface area contributed by atoms with Crippen LogP contribution in [-0.4, -0.2) is 41.7 Å². The zero-order chi connectivity index (χ0) is 20.4. The summed E-state index contributed by atoms with van der Waals surface area (Å²) in [5.74, 6) is -0.387. The van der Waals surface area contributed by atoms with Crippen molar-refractivity contribution in [1.82, 2.24) is 9.78 Å². The van der Waals surface area contributed by atoms with Crippen LogP contribution in [-0.2, 0) is 21.2 Å². The van der Waals surface area contributed by atoms with Crippen molar-refractivity contribution in [2.45, 2.75) is 19.0 Å². The van der Waals surface area contributed by atoms with E-state index >= 15 is 0 Å². The number of aromatic nitrogens is 2. The van der Waals surface area contributed by atoms with E-state index in [-0.39, 0.29) is 29.5 Å². The molecular weight excluding hydrogens is 410 g/mol. The number of nitrogens with zero attached hydrogens (tertiary/aromatic N) is 3. The SMILES string of the molecule is O=C(Cn1nc(-c2cccs2)ccc1=O)N(c1ccccc1)[C@H]1CCS(=O)(=O)C1. The fraction of sp³-hybridized carbons (Fsp3) is 0.250. The van der Waals surface area contributed by atoms with Gasteiger partial charge in [0.05, 0.1) is 22.4 Å². The summed E-state index contributed by atoms with van der Waals surface area (Å²) in [5.41, 5.74) is 0.842. The largest absolute Gasteiger partial charge is 0.307 e. The van der Waals surface area contributed by atoms with Gasteiger partial charge in [0.25, 0.3) is 5.56 Å². The Labute approximate surface area is 172 Å². The quantitative estimate of drug-likeness (QED) is 0.620. The van der Waals surface area contributed by atoms with Crippen LogP contribution < -0.4 is 10.5 Å². The molecule has 1 aliphatic heterocycles. The Kier molecular flexibility index (Phi) is 5.33. The van der Waals surface area contributed by atoms with E-state index in [4.69, 9.17) is 0 Å². The maximum Gasteiger partial charge on any atom is 0.267 e. The number of benzene rings is 1. The molecule has 0 bridgehead atoms. The molecule has 1 aromatic carbocycles. The molecule has 4 rings (SSSR count). The zero-order valence-electron chi connectivity index (χ0n) is 15.5. The van der Waals surface area contributed by atoms with E-state index < -0.39 is 15.9 Å². The van der Waals surface area contributed by atoms with E-state index in [1.807, 2.05) is 23.6 Å². The number of rotatable bonds is 5. The average molecular weight is 430 g/mol. The van der Waals surface area contributed by atoms with Gasteiger partial charge in [-0.15, -0.1) is 11.3 Å². The summed E-state index contributed by atoms with van der Waals surface area (Å²) in [6.45, 7) is -0.260. The molecule has 0 spiro atoms. The maximum atomic E-state index is 13.2. The summed E-state index contributed by atoms with van der Waals surface area (Å²) in [6.07, 6.45) is 0.376. The molecular formula is C20H19N3O4S2. The minimum absolute atomic E-state index is 0.0559. The van der Waals surface area contributed by atoms with Crippen LogP contribution in [0, 0.1) is 0 Å². The summed E-state index contributed by atoms with van der Waals surface area (Å²) in [6, 6.07) is 15.3. The lowest BCUT2D eigenvalue weighted by Crippen LogP contribution is -2.44. The van der Waals surface area contributed by atoms with Gasteiger partial charge in [0.1, 0.15) is 12.2 Å². The number of hydrogen-bond donors (Lipinski definition) is 0. The molecule has 1 fully saturated rings. The standard InChI is InChI=1S/C20H19N3O4S2/c24-19-9-8-17(18-7-4-11-28-18)21-22(19)13-20(25)23(15-5-2-1-3-6-15)16-10-12-29(26,27)14-16/h1-9,11,16H,10,12-14H2/t16-/m0/s1. The smallest absolute Gasteiger partial charge is 0.267 e. The summed E-state index contributed by atoms with van der Waals surface area (Å²) in [5, 5.41) is 6.25. The fourth-order valence-electron chi connectivity index (χ4n) is 3.45. The molecule has 0 unspecified atom stereocenters. The molecule has 0 aliphatic carbocycles. The van der Waals surface area contributed by atoms with Gasteiger partial charge in [-0.05, 0) is 36.1 Å². The van der Waals surface area contributed by atoms with Gasteiger partial charge in [-0.2, -0.15) is 5.10 Å². The zero-order valence-corrected chi connectivity index (χ0v) is 17.1. The van der Waals surface area contributed by atoms with Crippen molar-refractivity contribution >= 4 is 32.8 Å². The normalized spacial score (nSPS) is 17.9. The first-order chi connectivity index (χ1) is 13.9. The third-order valence-electron chi connectivity index (χ3n) is 4.80. The monoisotopic (exact) mass is 429 g/mol. The highest BCUT2D eigenvalue weighted by atomic mass is 32.2. The molecule has 1 saturated heterocycles. The Hall–Kier alpha value is -2.78. The highest BCUT2D eigenvalue weighted by molar-refractivity contribution is 7.91. The first-order valence-corrected chi connectivity index (χ1v) is 11.8. The highest BCUT2D eigenvalue weighted by Gasteiger charge is 2.35. The molecule has 3 heterocycles. The molecule has 29 heavy (non-hydrogen) atoms. The Morgan fingerprint density at radius 2 is 1.93 bits per heavy atom. The van der Waals surface area contributed by atoms with Crippen molar-refractivity contribution in [3.05, 3.63) is 70.3 Å². The Morgan fingerprint density at radius 3 is 2.59 bits per heavy atom. The lowest BCUT2D eigenvalue weighted by atomic mass is 10.1. The number of carbonyl (C=O) groups excluding carboxylic acids is 1. The minimum Gasteiger partial charge on any atom is -0.307 e. The number of carbonyl (C=O) groups is 1. The van der Waals surface area contributed by atoms with Gasteiger partial charge in [-0.1, -0.05) is 24.3 Å². The number of sulfone groups is 1. The molecule has 150 valence electrons. The van der Waals surface area contributed by atoms with E-state index in [9.17, 15) is 18.0 Å². The molecule has 0 N–H and O–H groups in total. The van der Waals surface area contributed by atoms with E-state index in [0.717, 1.165) is 9.56 Å². The Morgan fingerprint density at radius 1 is 1.14 bits per heavy atom. The second-order valence-electron chi connectivity index (χ2n) is 6.85. The predicted molar refractivity (Wildman–Crippen MR) is 113 cm³/mol. The third-order valence-corrected chi connectivity index (χ3v) is 7.44. The summed E-state index contributed by atoms with van der Waals surface area (Å²) < 4.78 is 25.1. The Balaban J connectivity index is 1.65. The number of anilines is 1. The third kappa shape index (κ3) is 4.30. The number of para-hydroxylation sites is 1. The molecule has 0 saturated carbocycles. The van der Waals surface area contributed by atoms with Crippen molar-refractivity contribution in [1.29, 1.82) is 0 Å². The molecule has 3 aromatic rings. The first kappa shape index (κ1) is 19.5. The topological polar surface area (TPSA) is 89.3 Å². The van der Waals surface area contributed by atoms with Crippen molar-refractivity contribution in [3.63, 3.8) is 0 Å². The van der Waals surface area contributed by atoms with Gasteiger partial charge in [0, 0.05) is 11.8 Å². The van der Waals surface area contributed by atoms with Crippen LogP contribution in [0.25, 0.3) is 10.6 Å². The summed E-state index contributed by atoms with van der Waals surface area (Å²) in [4.78, 5) is 27.9. The minimum atomic E-state index is -3.18. The number of hydrogen-bond acceptors (Lipinski definition) is 6. The van der Waals surface area contributed by atoms with Gasteiger partial charge in [-0.3, -0.25) is 9.59 Å². The van der Waals surface area contributed by atoms with Crippen LogP contribution in [0.3, 0.4) is 0 Å². The van der Waals surface area contributed by atoms with Crippen LogP contribution in [0.5, 0.6) is 0 Å². The summed E-state index contributed by atoms with van der Waals surface area (Å²) >= 11 is 1.49. The van der Waals surface area contributed by atoms with Crippen molar-refractivity contribution in [2.24, 2.45) is 0 Å². The number of thiophene rings is 1. The molecule has 1 amide bonds. The van der Waals surface area contributed by atoms with Crippen molar-refractivity contribution < 1.29 is 13.2 Å². The van der Waals surface area contributed by atoms with Gasteiger partial charge < -0.3 is 4.90 Å². The van der Waals surface area contributed by atoms with Crippen LogP contribution in [0.1, 0.15) is 6.42 Å².